The molecule has 0 rings (SSSR count). The van der Waals surface area contributed by atoms with E-state index >= 15 is 0 Å². The SMILES string of the molecule is CC/C=C\C/C=C\C/C=C\C/C=C\C/C=C\C/C=C\C/C=C\C/C=C\C/C=C\C/C=C\CCCCCCCCC(=O)OC(COC(=O)CCCCCCCCCCCCCC/C=C\C/C=C\C/C=C\C/C=C\C/C=C\C/C=C\CC)COP(=O)(O)OCC[N+](C)(C)C. The number of phosphoric ester groups is 1. The van der Waals surface area contributed by atoms with Crippen LogP contribution >= 0.6 is 7.82 Å². The minimum atomic E-state index is -4.41. The quantitative estimate of drug-likeness (QED) is 0.0211. The van der Waals surface area contributed by atoms with Crippen LogP contribution in [0.2, 0.25) is 0 Å². The Balaban J connectivity index is 4.16. The van der Waals surface area contributed by atoms with Crippen LogP contribution in [0.3, 0.4) is 0 Å². The van der Waals surface area contributed by atoms with Gasteiger partial charge in [-0.3, -0.25) is 18.6 Å². The van der Waals surface area contributed by atoms with E-state index in [2.05, 4.69) is 208 Å². The Labute approximate surface area is 564 Å². The van der Waals surface area contributed by atoms with Gasteiger partial charge in [-0.05, 0) is 141 Å². The van der Waals surface area contributed by atoms with Gasteiger partial charge in [0.05, 0.1) is 27.7 Å². The second kappa shape index (κ2) is 70.2. The van der Waals surface area contributed by atoms with Crippen molar-refractivity contribution < 1.29 is 42.1 Å². The maximum atomic E-state index is 12.9. The molecule has 518 valence electrons. The van der Waals surface area contributed by atoms with Gasteiger partial charge in [-0.2, -0.15) is 0 Å². The molecule has 2 atom stereocenters. The first kappa shape index (κ1) is 86.9. The number of carbonyl (C=O) groups is 2. The molecule has 0 aliphatic carbocycles. The molecule has 0 amide bonds. The summed E-state index contributed by atoms with van der Waals surface area (Å²) in [4.78, 5) is 35.9. The van der Waals surface area contributed by atoms with Crippen molar-refractivity contribution in [2.75, 3.05) is 47.5 Å². The van der Waals surface area contributed by atoms with Crippen molar-refractivity contribution >= 4 is 19.8 Å². The molecule has 2 unspecified atom stereocenters. The molecule has 0 heterocycles. The van der Waals surface area contributed by atoms with E-state index in [0.29, 0.717) is 17.4 Å². The third kappa shape index (κ3) is 73.9. The van der Waals surface area contributed by atoms with Crippen molar-refractivity contribution in [1.82, 2.24) is 0 Å². The van der Waals surface area contributed by atoms with Crippen LogP contribution in [-0.4, -0.2) is 74.9 Å². The second-order valence-corrected chi connectivity index (χ2v) is 26.0. The summed E-state index contributed by atoms with van der Waals surface area (Å²) in [6.45, 7) is 4.17. The van der Waals surface area contributed by atoms with E-state index in [1.165, 1.54) is 57.8 Å². The predicted octanol–water partition coefficient (Wildman–Crippen LogP) is 24.0. The second-order valence-electron chi connectivity index (χ2n) is 24.5. The number of likely N-dealkylation sites (N-methyl/N-ethyl adjacent to an activating group) is 1. The highest BCUT2D eigenvalue weighted by molar-refractivity contribution is 7.47. The van der Waals surface area contributed by atoms with E-state index in [1.807, 2.05) is 21.1 Å². The molecule has 0 saturated carbocycles. The summed E-state index contributed by atoms with van der Waals surface area (Å²) in [7, 11) is 1.44. The first-order valence-corrected chi connectivity index (χ1v) is 37.7. The zero-order chi connectivity index (χ0) is 66.9. The van der Waals surface area contributed by atoms with Crippen LogP contribution in [-0.2, 0) is 32.7 Å². The van der Waals surface area contributed by atoms with Crippen molar-refractivity contribution in [2.45, 2.75) is 264 Å². The third-order valence-electron chi connectivity index (χ3n) is 14.6. The number of hydrogen-bond donors (Lipinski definition) is 1. The predicted molar refractivity (Wildman–Crippen MR) is 399 cm³/mol. The molecule has 1 N–H and O–H groups in total. The van der Waals surface area contributed by atoms with Gasteiger partial charge in [0, 0.05) is 12.8 Å². The molecule has 0 aromatic heterocycles. The Hall–Kier alpha value is -5.15. The average Bonchev–Trinajstić information content (AvgIpc) is 2.34. The van der Waals surface area contributed by atoms with Crippen LogP contribution in [0.25, 0.3) is 0 Å². The summed E-state index contributed by atoms with van der Waals surface area (Å²) in [5.41, 5.74) is 0. The van der Waals surface area contributed by atoms with E-state index in [-0.39, 0.29) is 32.0 Å². The number of phosphoric acid groups is 1. The first-order valence-electron chi connectivity index (χ1n) is 36.2. The number of carbonyl (C=O) groups excluding carboxylic acids is 2. The number of allylic oxidation sites excluding steroid dienone is 32. The fourth-order valence-electron chi connectivity index (χ4n) is 9.16. The summed E-state index contributed by atoms with van der Waals surface area (Å²) >= 11 is 0. The molecule has 0 aliphatic heterocycles. The average molecular weight is 1290 g/mol. The van der Waals surface area contributed by atoms with Gasteiger partial charge in [0.1, 0.15) is 19.8 Å². The largest absolute Gasteiger partial charge is 0.472 e. The van der Waals surface area contributed by atoms with E-state index in [1.54, 1.807) is 0 Å². The lowest BCUT2D eigenvalue weighted by Gasteiger charge is -2.24. The van der Waals surface area contributed by atoms with Gasteiger partial charge < -0.3 is 18.9 Å². The minimum Gasteiger partial charge on any atom is -0.462 e. The lowest BCUT2D eigenvalue weighted by molar-refractivity contribution is -0.870. The van der Waals surface area contributed by atoms with Crippen molar-refractivity contribution in [2.24, 2.45) is 0 Å². The van der Waals surface area contributed by atoms with Crippen molar-refractivity contribution in [3.63, 3.8) is 0 Å². The van der Waals surface area contributed by atoms with Gasteiger partial charge in [0.15, 0.2) is 6.10 Å². The Morgan fingerprint density at radius 1 is 0.337 bits per heavy atom. The zero-order valence-electron chi connectivity index (χ0n) is 59.0. The number of rotatable bonds is 64. The first-order chi connectivity index (χ1) is 45.0. The number of esters is 2. The monoisotopic (exact) mass is 1290 g/mol. The van der Waals surface area contributed by atoms with E-state index in [4.69, 9.17) is 18.5 Å². The molecule has 0 radical (unpaired) electrons. The molecule has 10 heteroatoms. The molecule has 0 fully saturated rings. The molecular formula is C82H133NO8P+. The Morgan fingerprint density at radius 3 is 0.870 bits per heavy atom. The molecule has 0 spiro atoms. The molecule has 0 aliphatic rings. The number of quaternary nitrogens is 1. The van der Waals surface area contributed by atoms with Gasteiger partial charge in [-0.15, -0.1) is 0 Å². The third-order valence-corrected chi connectivity index (χ3v) is 15.6. The summed E-state index contributed by atoms with van der Waals surface area (Å²) in [6, 6.07) is 0. The van der Waals surface area contributed by atoms with Gasteiger partial charge in [-0.1, -0.05) is 298 Å². The Morgan fingerprint density at radius 2 is 0.587 bits per heavy atom. The fraction of sp³-hybridized carbons (Fsp3) is 0.585. The summed E-state index contributed by atoms with van der Waals surface area (Å²) in [6.07, 6.45) is 110. The topological polar surface area (TPSA) is 108 Å². The lowest BCUT2D eigenvalue weighted by Crippen LogP contribution is -2.37. The Kier molecular flexibility index (Phi) is 66.2. The van der Waals surface area contributed by atoms with Crippen LogP contribution < -0.4 is 0 Å². The van der Waals surface area contributed by atoms with Gasteiger partial charge in [0.25, 0.3) is 0 Å². The van der Waals surface area contributed by atoms with Gasteiger partial charge >= 0.3 is 19.8 Å². The van der Waals surface area contributed by atoms with Crippen LogP contribution in [0.15, 0.2) is 194 Å². The number of hydrogen-bond acceptors (Lipinski definition) is 7. The minimum absolute atomic E-state index is 0.0180. The highest BCUT2D eigenvalue weighted by Crippen LogP contribution is 2.43. The van der Waals surface area contributed by atoms with Crippen molar-refractivity contribution in [3.05, 3.63) is 194 Å². The number of unbranched alkanes of at least 4 members (excludes halogenated alkanes) is 18. The molecule has 9 nitrogen and oxygen atoms in total. The number of nitrogens with zero attached hydrogens (tertiary/aromatic N) is 1. The van der Waals surface area contributed by atoms with Crippen molar-refractivity contribution in [1.29, 1.82) is 0 Å². The van der Waals surface area contributed by atoms with Crippen LogP contribution in [0, 0.1) is 0 Å². The fourth-order valence-corrected chi connectivity index (χ4v) is 9.91. The van der Waals surface area contributed by atoms with E-state index in [0.717, 1.165) is 167 Å². The summed E-state index contributed by atoms with van der Waals surface area (Å²) < 4.78 is 34.7. The van der Waals surface area contributed by atoms with Gasteiger partial charge in [0.2, 0.25) is 0 Å². The molecule has 0 aromatic carbocycles. The molecule has 92 heavy (non-hydrogen) atoms. The summed E-state index contributed by atoms with van der Waals surface area (Å²) in [5.74, 6) is -0.828. The van der Waals surface area contributed by atoms with Crippen LogP contribution in [0.5, 0.6) is 0 Å². The molecule has 0 aromatic rings. The van der Waals surface area contributed by atoms with E-state index < -0.39 is 26.5 Å². The molecule has 0 bridgehead atoms. The highest BCUT2D eigenvalue weighted by Gasteiger charge is 2.27. The standard InChI is InChI=1S/C82H132NO8P/c1-6-8-10-12-14-16-18-20-22-24-26-28-30-32-34-36-38-39-40-41-42-43-45-47-49-51-53-55-57-59-61-63-65-67-69-71-73-75-82(85)91-80(79-90-92(86,87)89-77-76-83(3,4)5)78-88-81(84)74-72-70-68-66-64-62-60-58-56-54-52-50-48-46-44-37-35-33-31-29-27-25-23-21-19-17-15-13-11-9-7-2/h8-11,14-17,20-23,26-29,32-35,38-39,41-42,44-47,51,53,57,59,80H,6-7,12-13,18-19,24-25,30-31,36-37,40,43,48-50,52,54-56,58,60-79H2,1-5H3/p+1/b10-8-,11-9-,16-14-,17-15-,22-20-,23-21-,28-26-,29-27-,34-32-,35-33-,39-38-,42-41-,46-44-,47-45-,53-51-,59-57-. The smallest absolute Gasteiger partial charge is 0.462 e. The van der Waals surface area contributed by atoms with Crippen LogP contribution in [0.1, 0.15) is 258 Å². The zero-order valence-corrected chi connectivity index (χ0v) is 59.8. The van der Waals surface area contributed by atoms with Gasteiger partial charge in [-0.25, -0.2) is 4.57 Å². The summed E-state index contributed by atoms with van der Waals surface area (Å²) in [5, 5.41) is 0. The number of ether oxygens (including phenoxy) is 2. The molecular weight excluding hydrogens is 1160 g/mol. The van der Waals surface area contributed by atoms with E-state index in [9.17, 15) is 19.0 Å². The maximum absolute atomic E-state index is 12.9. The maximum Gasteiger partial charge on any atom is 0.472 e. The molecule has 0 saturated heterocycles. The van der Waals surface area contributed by atoms with Crippen LogP contribution in [0.4, 0.5) is 0 Å². The lowest BCUT2D eigenvalue weighted by atomic mass is 10.0. The Bertz CT molecular complexity index is 2260. The highest BCUT2D eigenvalue weighted by atomic mass is 31.2. The van der Waals surface area contributed by atoms with Crippen molar-refractivity contribution in [3.8, 4) is 0 Å². The normalized spacial score (nSPS) is 14.3.